The van der Waals surface area contributed by atoms with Crippen molar-refractivity contribution in [3.63, 3.8) is 0 Å². The Labute approximate surface area is 130 Å². The van der Waals surface area contributed by atoms with Crippen LogP contribution in [0.1, 0.15) is 86.0 Å². The summed E-state index contributed by atoms with van der Waals surface area (Å²) < 4.78 is 0. The molecule has 4 rings (SSSR count). The third-order valence-electron chi connectivity index (χ3n) is 9.31. The Morgan fingerprint density at radius 3 is 2.29 bits per heavy atom. The van der Waals surface area contributed by atoms with Crippen molar-refractivity contribution in [2.24, 2.45) is 33.0 Å². The van der Waals surface area contributed by atoms with Crippen molar-refractivity contribution in [3.05, 3.63) is 0 Å². The lowest BCUT2D eigenvalue weighted by Crippen LogP contribution is -2.60. The average Bonchev–Trinajstić information content (AvgIpc) is 2.73. The molecule has 6 unspecified atom stereocenters. The van der Waals surface area contributed by atoms with Gasteiger partial charge >= 0.3 is 0 Å². The summed E-state index contributed by atoms with van der Waals surface area (Å²) in [5.74, 6) is 0.861. The lowest BCUT2D eigenvalue weighted by Gasteiger charge is -2.67. The van der Waals surface area contributed by atoms with Crippen LogP contribution in [0.25, 0.3) is 0 Å². The van der Waals surface area contributed by atoms with Crippen LogP contribution in [0.3, 0.4) is 0 Å². The highest BCUT2D eigenvalue weighted by atomic mass is 16.3. The molecule has 0 aromatic rings. The summed E-state index contributed by atoms with van der Waals surface area (Å²) in [6.45, 7) is 12.6. The third-order valence-corrected chi connectivity index (χ3v) is 9.31. The number of aliphatic hydroxyl groups excluding tert-OH is 1. The van der Waals surface area contributed by atoms with Gasteiger partial charge in [-0.1, -0.05) is 41.0 Å². The highest BCUT2D eigenvalue weighted by Crippen LogP contribution is 2.82. The lowest BCUT2D eigenvalue weighted by molar-refractivity contribution is -0.194. The molecule has 120 valence electrons. The SMILES string of the molecule is CC1(C)CCCC2(C)C1CCC1(C)CC3(C)CC12CC3O. The van der Waals surface area contributed by atoms with Gasteiger partial charge in [-0.15, -0.1) is 0 Å². The van der Waals surface area contributed by atoms with Crippen LogP contribution < -0.4 is 0 Å². The van der Waals surface area contributed by atoms with Gasteiger partial charge in [-0.3, -0.25) is 0 Å². The molecule has 4 saturated carbocycles. The fraction of sp³-hybridized carbons (Fsp3) is 1.00. The van der Waals surface area contributed by atoms with Gasteiger partial charge in [0.1, 0.15) is 0 Å². The van der Waals surface area contributed by atoms with E-state index in [9.17, 15) is 5.11 Å². The molecule has 0 aromatic carbocycles. The maximum absolute atomic E-state index is 10.8. The molecule has 1 heteroatoms. The van der Waals surface area contributed by atoms with Crippen molar-refractivity contribution in [2.45, 2.75) is 92.1 Å². The van der Waals surface area contributed by atoms with Gasteiger partial charge in [0, 0.05) is 0 Å². The van der Waals surface area contributed by atoms with Crippen molar-refractivity contribution in [3.8, 4) is 0 Å². The van der Waals surface area contributed by atoms with E-state index < -0.39 is 0 Å². The van der Waals surface area contributed by atoms with E-state index in [1.165, 1.54) is 44.9 Å². The Morgan fingerprint density at radius 1 is 0.905 bits per heavy atom. The van der Waals surface area contributed by atoms with Crippen LogP contribution in [-0.2, 0) is 0 Å². The molecular formula is C20H34O. The smallest absolute Gasteiger partial charge is 0.0599 e. The minimum Gasteiger partial charge on any atom is -0.393 e. The number of hydrogen-bond donors (Lipinski definition) is 1. The second kappa shape index (κ2) is 3.71. The maximum Gasteiger partial charge on any atom is 0.0599 e. The summed E-state index contributed by atoms with van der Waals surface area (Å²) in [6.07, 6.45) is 10.6. The van der Waals surface area contributed by atoms with Gasteiger partial charge in [0.25, 0.3) is 0 Å². The van der Waals surface area contributed by atoms with Gasteiger partial charge < -0.3 is 5.11 Å². The molecule has 0 radical (unpaired) electrons. The molecular weight excluding hydrogens is 256 g/mol. The monoisotopic (exact) mass is 290 g/mol. The first-order chi connectivity index (χ1) is 9.59. The topological polar surface area (TPSA) is 20.2 Å². The minimum atomic E-state index is -0.0498. The molecule has 4 aliphatic rings. The van der Waals surface area contributed by atoms with Crippen LogP contribution >= 0.6 is 0 Å². The normalized spacial score (nSPS) is 61.4. The Kier molecular flexibility index (Phi) is 2.57. The predicted molar refractivity (Wildman–Crippen MR) is 87.0 cm³/mol. The average molecular weight is 290 g/mol. The van der Waals surface area contributed by atoms with Crippen molar-refractivity contribution >= 4 is 0 Å². The predicted octanol–water partition coefficient (Wildman–Crippen LogP) is 5.17. The first-order valence-electron chi connectivity index (χ1n) is 9.27. The van der Waals surface area contributed by atoms with Crippen LogP contribution in [-0.4, -0.2) is 11.2 Å². The van der Waals surface area contributed by atoms with E-state index in [-0.39, 0.29) is 11.5 Å². The molecule has 1 spiro atoms. The van der Waals surface area contributed by atoms with Crippen molar-refractivity contribution in [1.29, 1.82) is 0 Å². The zero-order valence-corrected chi connectivity index (χ0v) is 14.8. The zero-order valence-electron chi connectivity index (χ0n) is 14.8. The molecule has 4 aliphatic carbocycles. The van der Waals surface area contributed by atoms with Gasteiger partial charge in [0.2, 0.25) is 0 Å². The first kappa shape index (κ1) is 14.5. The highest BCUT2D eigenvalue weighted by molar-refractivity contribution is 5.25. The summed E-state index contributed by atoms with van der Waals surface area (Å²) in [4.78, 5) is 0. The van der Waals surface area contributed by atoms with Crippen molar-refractivity contribution < 1.29 is 5.11 Å². The van der Waals surface area contributed by atoms with Crippen LogP contribution in [0.15, 0.2) is 0 Å². The Hall–Kier alpha value is -0.0400. The van der Waals surface area contributed by atoms with Crippen molar-refractivity contribution in [2.75, 3.05) is 0 Å². The Morgan fingerprint density at radius 2 is 1.62 bits per heavy atom. The van der Waals surface area contributed by atoms with Crippen LogP contribution in [0.4, 0.5) is 0 Å². The molecule has 0 heterocycles. The Bertz CT molecular complexity index is 482. The second-order valence-corrected chi connectivity index (χ2v) is 10.7. The summed E-state index contributed by atoms with van der Waals surface area (Å²) >= 11 is 0. The molecule has 21 heavy (non-hydrogen) atoms. The number of hydrogen-bond acceptors (Lipinski definition) is 1. The fourth-order valence-corrected chi connectivity index (χ4v) is 8.48. The molecule has 1 N–H and O–H groups in total. The summed E-state index contributed by atoms with van der Waals surface area (Å²) in [6, 6.07) is 0. The molecule has 0 aliphatic heterocycles. The van der Waals surface area contributed by atoms with Gasteiger partial charge in [0.15, 0.2) is 0 Å². The summed E-state index contributed by atoms with van der Waals surface area (Å²) in [5.41, 5.74) is 2.05. The first-order valence-corrected chi connectivity index (χ1v) is 9.27. The molecule has 4 fully saturated rings. The largest absolute Gasteiger partial charge is 0.393 e. The molecule has 0 amide bonds. The molecule has 2 bridgehead atoms. The van der Waals surface area contributed by atoms with E-state index in [0.29, 0.717) is 21.7 Å². The minimum absolute atomic E-state index is 0.0498. The van der Waals surface area contributed by atoms with Crippen molar-refractivity contribution in [1.82, 2.24) is 0 Å². The zero-order chi connectivity index (χ0) is 15.3. The van der Waals surface area contributed by atoms with Crippen LogP contribution in [0.2, 0.25) is 0 Å². The van der Waals surface area contributed by atoms with Crippen LogP contribution in [0.5, 0.6) is 0 Å². The second-order valence-electron chi connectivity index (χ2n) is 10.7. The van der Waals surface area contributed by atoms with Gasteiger partial charge in [-0.2, -0.15) is 0 Å². The quantitative estimate of drug-likeness (QED) is 0.652. The highest BCUT2D eigenvalue weighted by Gasteiger charge is 2.76. The van der Waals surface area contributed by atoms with E-state index in [2.05, 4.69) is 34.6 Å². The Balaban J connectivity index is 1.86. The molecule has 0 aromatic heterocycles. The number of rotatable bonds is 0. The molecule has 6 atom stereocenters. The standard InChI is InChI=1S/C20H34O/c1-16(2)8-6-9-19(5)14(16)7-10-18(4)12-17(3)13-20(18,19)11-15(17)21/h14-15,21H,6-13H2,1-5H3. The summed E-state index contributed by atoms with van der Waals surface area (Å²) in [5, 5.41) is 10.8. The van der Waals surface area contributed by atoms with Crippen LogP contribution in [0, 0.1) is 33.0 Å². The number of fused-ring (bicyclic) bond motifs is 2. The summed E-state index contributed by atoms with van der Waals surface area (Å²) in [7, 11) is 0. The number of aliphatic hydroxyl groups is 1. The maximum atomic E-state index is 10.8. The van der Waals surface area contributed by atoms with E-state index in [1.54, 1.807) is 0 Å². The van der Waals surface area contributed by atoms with E-state index >= 15 is 0 Å². The fourth-order valence-electron chi connectivity index (χ4n) is 8.48. The van der Waals surface area contributed by atoms with E-state index in [1.807, 2.05) is 0 Å². The van der Waals surface area contributed by atoms with E-state index in [4.69, 9.17) is 0 Å². The van der Waals surface area contributed by atoms with Gasteiger partial charge in [-0.05, 0) is 77.9 Å². The molecule has 0 saturated heterocycles. The van der Waals surface area contributed by atoms with Gasteiger partial charge in [0.05, 0.1) is 6.10 Å². The van der Waals surface area contributed by atoms with Gasteiger partial charge in [-0.25, -0.2) is 0 Å². The third kappa shape index (κ3) is 1.44. The lowest BCUT2D eigenvalue weighted by atomic mass is 9.37. The molecule has 1 nitrogen and oxygen atoms in total. The van der Waals surface area contributed by atoms with E-state index in [0.717, 1.165) is 12.3 Å².